The Bertz CT molecular complexity index is 1340. The van der Waals surface area contributed by atoms with Gasteiger partial charge in [-0.05, 0) is 36.4 Å². The third kappa shape index (κ3) is 2.88. The third-order valence-electron chi connectivity index (χ3n) is 4.53. The van der Waals surface area contributed by atoms with Gasteiger partial charge in [-0.25, -0.2) is 9.97 Å². The number of furan rings is 1. The average molecular weight is 369 g/mol. The molecule has 1 amide bonds. The number of hydrogen-bond donors (Lipinski definition) is 1. The molecule has 5 rings (SSSR count). The number of nitrogens with one attached hydrogen (secondary N) is 1. The summed E-state index contributed by atoms with van der Waals surface area (Å²) in [6, 6.07) is 12.8. The van der Waals surface area contributed by atoms with E-state index in [2.05, 4.69) is 20.4 Å². The van der Waals surface area contributed by atoms with Crippen LogP contribution in [-0.4, -0.2) is 25.7 Å². The Hall–Kier alpha value is -4.00. The lowest BCUT2D eigenvalue weighted by atomic mass is 10.1. The molecule has 7 heteroatoms. The van der Waals surface area contributed by atoms with Crippen LogP contribution in [0.25, 0.3) is 33.1 Å². The Morgan fingerprint density at radius 1 is 1.07 bits per heavy atom. The number of pyridine rings is 2. The zero-order valence-corrected chi connectivity index (χ0v) is 15.0. The first-order valence-corrected chi connectivity index (χ1v) is 8.70. The van der Waals surface area contributed by atoms with E-state index in [0.717, 1.165) is 33.1 Å². The smallest absolute Gasteiger partial charge is 0.256 e. The van der Waals surface area contributed by atoms with Crippen LogP contribution >= 0.6 is 0 Å². The highest BCUT2D eigenvalue weighted by Gasteiger charge is 2.10. The van der Waals surface area contributed by atoms with Crippen molar-refractivity contribution >= 4 is 33.6 Å². The summed E-state index contributed by atoms with van der Waals surface area (Å²) in [7, 11) is 1.86. The fourth-order valence-corrected chi connectivity index (χ4v) is 3.10. The highest BCUT2D eigenvalue weighted by molar-refractivity contribution is 6.06. The van der Waals surface area contributed by atoms with Gasteiger partial charge in [0.05, 0.1) is 23.7 Å². The number of carbonyl (C=O) groups excluding carboxylic acids is 1. The molecule has 1 N–H and O–H groups in total. The quantitative estimate of drug-likeness (QED) is 0.519. The minimum Gasteiger partial charge on any atom is -0.464 e. The van der Waals surface area contributed by atoms with E-state index in [-0.39, 0.29) is 5.91 Å². The summed E-state index contributed by atoms with van der Waals surface area (Å²) < 4.78 is 7.04. The van der Waals surface area contributed by atoms with Crippen molar-refractivity contribution in [2.24, 2.45) is 7.05 Å². The molecule has 1 aromatic carbocycles. The number of benzene rings is 1. The summed E-state index contributed by atoms with van der Waals surface area (Å²) in [4.78, 5) is 21.6. The second kappa shape index (κ2) is 6.31. The fourth-order valence-electron chi connectivity index (χ4n) is 3.10. The van der Waals surface area contributed by atoms with Crippen LogP contribution in [0.3, 0.4) is 0 Å². The van der Waals surface area contributed by atoms with E-state index < -0.39 is 0 Å². The molecule has 0 unspecified atom stereocenters. The standard InChI is InChI=1S/C21H15N5O2/c1-26-12-16(11-23-26)17-4-2-15-10-22-20(9-18(15)24-17)25-21(27)14-3-5-19-13(8-14)6-7-28-19/h2-12H,1H3,(H,22,25,27). The summed E-state index contributed by atoms with van der Waals surface area (Å²) >= 11 is 0. The van der Waals surface area contributed by atoms with Crippen LogP contribution in [0, 0.1) is 0 Å². The van der Waals surface area contributed by atoms with Gasteiger partial charge in [-0.3, -0.25) is 9.48 Å². The van der Waals surface area contributed by atoms with Crippen molar-refractivity contribution in [3.8, 4) is 11.3 Å². The maximum atomic E-state index is 12.6. The topological polar surface area (TPSA) is 85.8 Å². The molecule has 28 heavy (non-hydrogen) atoms. The zero-order chi connectivity index (χ0) is 19.1. The molecule has 5 aromatic rings. The van der Waals surface area contributed by atoms with Crippen molar-refractivity contribution in [1.82, 2.24) is 19.7 Å². The molecule has 136 valence electrons. The molecule has 4 heterocycles. The Morgan fingerprint density at radius 2 is 2.00 bits per heavy atom. The van der Waals surface area contributed by atoms with Crippen LogP contribution in [0.5, 0.6) is 0 Å². The van der Waals surface area contributed by atoms with Gasteiger partial charge in [0, 0.05) is 47.4 Å². The van der Waals surface area contributed by atoms with Gasteiger partial charge < -0.3 is 9.73 Å². The summed E-state index contributed by atoms with van der Waals surface area (Å²) in [6.07, 6.45) is 6.97. The summed E-state index contributed by atoms with van der Waals surface area (Å²) in [5.41, 5.74) is 3.77. The molecular weight excluding hydrogens is 354 g/mol. The number of fused-ring (bicyclic) bond motifs is 2. The van der Waals surface area contributed by atoms with Gasteiger partial charge in [-0.15, -0.1) is 0 Å². The highest BCUT2D eigenvalue weighted by atomic mass is 16.3. The van der Waals surface area contributed by atoms with E-state index >= 15 is 0 Å². The number of hydrogen-bond acceptors (Lipinski definition) is 5. The van der Waals surface area contributed by atoms with Crippen LogP contribution in [0.4, 0.5) is 5.82 Å². The number of aromatic nitrogens is 4. The molecule has 0 spiro atoms. The predicted octanol–water partition coefficient (Wildman–Crippen LogP) is 4.03. The van der Waals surface area contributed by atoms with Gasteiger partial charge in [0.25, 0.3) is 5.91 Å². The zero-order valence-electron chi connectivity index (χ0n) is 15.0. The van der Waals surface area contributed by atoms with E-state index in [0.29, 0.717) is 11.4 Å². The largest absolute Gasteiger partial charge is 0.464 e. The van der Waals surface area contributed by atoms with Gasteiger partial charge in [0.1, 0.15) is 11.4 Å². The lowest BCUT2D eigenvalue weighted by Crippen LogP contribution is -2.12. The average Bonchev–Trinajstić information content (AvgIpc) is 3.35. The van der Waals surface area contributed by atoms with E-state index in [1.165, 1.54) is 0 Å². The molecule has 0 atom stereocenters. The number of nitrogens with zero attached hydrogens (tertiary/aromatic N) is 4. The number of anilines is 1. The lowest BCUT2D eigenvalue weighted by Gasteiger charge is -2.06. The van der Waals surface area contributed by atoms with Gasteiger partial charge in [0.15, 0.2) is 0 Å². The summed E-state index contributed by atoms with van der Waals surface area (Å²) in [5, 5.41) is 8.79. The molecule has 0 radical (unpaired) electrons. The fraction of sp³-hybridized carbons (Fsp3) is 0.0476. The molecule has 0 aliphatic carbocycles. The molecule has 0 saturated heterocycles. The van der Waals surface area contributed by atoms with E-state index in [1.54, 1.807) is 47.6 Å². The Kier molecular flexibility index (Phi) is 3.65. The number of rotatable bonds is 3. The maximum absolute atomic E-state index is 12.6. The molecule has 0 aliphatic heterocycles. The van der Waals surface area contributed by atoms with E-state index in [9.17, 15) is 4.79 Å². The molecule has 4 aromatic heterocycles. The highest BCUT2D eigenvalue weighted by Crippen LogP contribution is 2.22. The van der Waals surface area contributed by atoms with Gasteiger partial charge in [0.2, 0.25) is 0 Å². The third-order valence-corrected chi connectivity index (χ3v) is 4.53. The van der Waals surface area contributed by atoms with Crippen LogP contribution in [-0.2, 0) is 7.05 Å². The number of carbonyl (C=O) groups is 1. The molecule has 0 fully saturated rings. The summed E-state index contributed by atoms with van der Waals surface area (Å²) in [6.45, 7) is 0. The second-order valence-corrected chi connectivity index (χ2v) is 6.49. The normalized spacial score (nSPS) is 11.2. The Balaban J connectivity index is 1.45. The monoisotopic (exact) mass is 369 g/mol. The van der Waals surface area contributed by atoms with Gasteiger partial charge in [-0.1, -0.05) is 0 Å². The Labute approximate surface area is 159 Å². The number of amides is 1. The van der Waals surface area contributed by atoms with Crippen molar-refractivity contribution in [1.29, 1.82) is 0 Å². The lowest BCUT2D eigenvalue weighted by molar-refractivity contribution is 0.102. The van der Waals surface area contributed by atoms with E-state index in [1.807, 2.05) is 31.4 Å². The van der Waals surface area contributed by atoms with Crippen LogP contribution in [0.1, 0.15) is 10.4 Å². The van der Waals surface area contributed by atoms with Gasteiger partial charge in [-0.2, -0.15) is 5.10 Å². The van der Waals surface area contributed by atoms with Crippen molar-refractivity contribution in [2.75, 3.05) is 5.32 Å². The first-order valence-electron chi connectivity index (χ1n) is 8.70. The molecule has 0 aliphatic rings. The van der Waals surface area contributed by atoms with Crippen molar-refractivity contribution in [2.45, 2.75) is 0 Å². The van der Waals surface area contributed by atoms with Crippen molar-refractivity contribution in [3.05, 3.63) is 72.9 Å². The molecule has 0 bridgehead atoms. The first kappa shape index (κ1) is 16.2. The molecule has 7 nitrogen and oxygen atoms in total. The summed E-state index contributed by atoms with van der Waals surface area (Å²) in [5.74, 6) is 0.207. The van der Waals surface area contributed by atoms with Crippen LogP contribution in [0.2, 0.25) is 0 Å². The minimum atomic E-state index is -0.238. The second-order valence-electron chi connectivity index (χ2n) is 6.49. The van der Waals surface area contributed by atoms with Gasteiger partial charge >= 0.3 is 0 Å². The van der Waals surface area contributed by atoms with Crippen LogP contribution in [0.15, 0.2) is 71.7 Å². The molecule has 0 saturated carbocycles. The Morgan fingerprint density at radius 3 is 2.86 bits per heavy atom. The minimum absolute atomic E-state index is 0.238. The maximum Gasteiger partial charge on any atom is 0.256 e. The number of aryl methyl sites for hydroxylation is 1. The first-order chi connectivity index (χ1) is 13.7. The molecular formula is C21H15N5O2. The predicted molar refractivity (Wildman–Crippen MR) is 106 cm³/mol. The van der Waals surface area contributed by atoms with E-state index in [4.69, 9.17) is 4.42 Å². The van der Waals surface area contributed by atoms with Crippen molar-refractivity contribution in [3.63, 3.8) is 0 Å². The van der Waals surface area contributed by atoms with Crippen molar-refractivity contribution < 1.29 is 9.21 Å². The van der Waals surface area contributed by atoms with Crippen LogP contribution < -0.4 is 5.32 Å². The SMILES string of the molecule is Cn1cc(-c2ccc3cnc(NC(=O)c4ccc5occc5c4)cc3n2)cn1.